The summed E-state index contributed by atoms with van der Waals surface area (Å²) >= 11 is 0. The lowest BCUT2D eigenvalue weighted by molar-refractivity contribution is -0.138. The van der Waals surface area contributed by atoms with E-state index in [9.17, 15) is 18.0 Å². The molecule has 0 amide bonds. The topological polar surface area (TPSA) is 26.3 Å². The second kappa shape index (κ2) is 3.69. The number of esters is 1. The van der Waals surface area contributed by atoms with Crippen molar-refractivity contribution in [1.82, 2.24) is 0 Å². The van der Waals surface area contributed by atoms with Crippen molar-refractivity contribution in [1.29, 1.82) is 0 Å². The number of rotatable bonds is 1. The zero-order valence-electron chi connectivity index (χ0n) is 7.18. The van der Waals surface area contributed by atoms with Crippen LogP contribution < -0.4 is 0 Å². The van der Waals surface area contributed by atoms with Gasteiger partial charge in [0.25, 0.3) is 0 Å². The fourth-order valence-electron chi connectivity index (χ4n) is 0.944. The number of benzene rings is 1. The molecule has 0 aliphatic carbocycles. The Hall–Kier alpha value is -1.52. The van der Waals surface area contributed by atoms with Gasteiger partial charge in [-0.15, -0.1) is 0 Å². The maximum absolute atomic E-state index is 12.3. The van der Waals surface area contributed by atoms with Crippen molar-refractivity contribution in [3.05, 3.63) is 35.4 Å². The van der Waals surface area contributed by atoms with Gasteiger partial charge in [0.05, 0.1) is 18.2 Å². The third-order valence-electron chi connectivity index (χ3n) is 1.55. The molecule has 1 radical (unpaired) electrons. The van der Waals surface area contributed by atoms with Crippen LogP contribution in [0.1, 0.15) is 15.9 Å². The van der Waals surface area contributed by atoms with Gasteiger partial charge in [-0.05, 0) is 12.1 Å². The Morgan fingerprint density at radius 1 is 1.50 bits per heavy atom. The van der Waals surface area contributed by atoms with Crippen molar-refractivity contribution >= 4 is 5.97 Å². The normalized spacial score (nSPS) is 11.1. The fourth-order valence-corrected chi connectivity index (χ4v) is 0.944. The van der Waals surface area contributed by atoms with Gasteiger partial charge in [-0.1, -0.05) is 12.1 Å². The van der Waals surface area contributed by atoms with Gasteiger partial charge in [-0.25, -0.2) is 4.79 Å². The third kappa shape index (κ3) is 2.04. The third-order valence-corrected chi connectivity index (χ3v) is 1.55. The second-order valence-corrected chi connectivity index (χ2v) is 2.45. The molecule has 0 bridgehead atoms. The Morgan fingerprint density at radius 2 is 2.14 bits per heavy atom. The van der Waals surface area contributed by atoms with Crippen LogP contribution in [0.15, 0.2) is 18.2 Å². The van der Waals surface area contributed by atoms with Crippen LogP contribution in [0, 0.1) is 6.07 Å². The number of halogens is 3. The van der Waals surface area contributed by atoms with E-state index >= 15 is 0 Å². The molecule has 0 spiro atoms. The molecule has 75 valence electrons. The minimum absolute atomic E-state index is 0.595. The Balaban J connectivity index is 3.23. The molecule has 0 unspecified atom stereocenters. The van der Waals surface area contributed by atoms with E-state index in [1.54, 1.807) is 0 Å². The molecule has 0 heterocycles. The van der Waals surface area contributed by atoms with Crippen molar-refractivity contribution in [2.24, 2.45) is 0 Å². The van der Waals surface area contributed by atoms with Gasteiger partial charge in [0.15, 0.2) is 0 Å². The second-order valence-electron chi connectivity index (χ2n) is 2.45. The zero-order chi connectivity index (χ0) is 10.8. The predicted octanol–water partition coefficient (Wildman–Crippen LogP) is 2.29. The number of carbonyl (C=O) groups is 1. The molecule has 0 aliphatic heterocycles. The lowest BCUT2D eigenvalue weighted by Gasteiger charge is -2.09. The number of methoxy groups -OCH3 is 1. The summed E-state index contributed by atoms with van der Waals surface area (Å²) in [4.78, 5) is 10.9. The molecule has 0 aromatic heterocycles. The highest BCUT2D eigenvalue weighted by atomic mass is 19.4. The van der Waals surface area contributed by atoms with E-state index < -0.39 is 23.3 Å². The highest BCUT2D eigenvalue weighted by Crippen LogP contribution is 2.31. The summed E-state index contributed by atoms with van der Waals surface area (Å²) in [5, 5.41) is 0. The van der Waals surface area contributed by atoms with Crippen LogP contribution in [0.25, 0.3) is 0 Å². The summed E-state index contributed by atoms with van der Waals surface area (Å²) in [6, 6.07) is 5.39. The van der Waals surface area contributed by atoms with E-state index in [1.165, 1.54) is 6.07 Å². The van der Waals surface area contributed by atoms with E-state index in [0.29, 0.717) is 0 Å². The molecule has 0 aliphatic rings. The first kappa shape index (κ1) is 10.6. The molecule has 0 saturated carbocycles. The maximum Gasteiger partial charge on any atom is 0.417 e. The number of alkyl halides is 3. The minimum Gasteiger partial charge on any atom is -0.465 e. The maximum atomic E-state index is 12.3. The molecule has 0 saturated heterocycles. The van der Waals surface area contributed by atoms with Crippen LogP contribution in [0.4, 0.5) is 13.2 Å². The van der Waals surface area contributed by atoms with Crippen LogP contribution in [0.3, 0.4) is 0 Å². The molecule has 2 nitrogen and oxygen atoms in total. The van der Waals surface area contributed by atoms with Gasteiger partial charge in [-0.2, -0.15) is 13.2 Å². The monoisotopic (exact) mass is 203 g/mol. The predicted molar refractivity (Wildman–Crippen MR) is 41.6 cm³/mol. The van der Waals surface area contributed by atoms with E-state index in [1.807, 2.05) is 0 Å². The van der Waals surface area contributed by atoms with Crippen LogP contribution in [0.5, 0.6) is 0 Å². The van der Waals surface area contributed by atoms with Gasteiger partial charge in [0.1, 0.15) is 0 Å². The standard InChI is InChI=1S/C9H6F3O2/c1-14-8(13)6-4-2-3-5-7(6)9(10,11)12/h2-3,5H,1H3. The van der Waals surface area contributed by atoms with E-state index in [2.05, 4.69) is 10.8 Å². The van der Waals surface area contributed by atoms with Crippen molar-refractivity contribution in [3.8, 4) is 0 Å². The Bertz CT molecular complexity index is 344. The van der Waals surface area contributed by atoms with Gasteiger partial charge in [0, 0.05) is 0 Å². The van der Waals surface area contributed by atoms with Crippen LogP contribution in [0.2, 0.25) is 0 Å². The molecule has 1 aromatic carbocycles. The average molecular weight is 203 g/mol. The van der Waals surface area contributed by atoms with Gasteiger partial charge in [0.2, 0.25) is 0 Å². The van der Waals surface area contributed by atoms with Crippen LogP contribution in [-0.2, 0) is 10.9 Å². The van der Waals surface area contributed by atoms with E-state index in [4.69, 9.17) is 0 Å². The summed E-state index contributed by atoms with van der Waals surface area (Å²) < 4.78 is 41.2. The number of hydrogen-bond acceptors (Lipinski definition) is 2. The largest absolute Gasteiger partial charge is 0.465 e. The lowest BCUT2D eigenvalue weighted by atomic mass is 10.1. The summed E-state index contributed by atoms with van der Waals surface area (Å²) in [5.41, 5.74) is -1.63. The zero-order valence-corrected chi connectivity index (χ0v) is 7.18. The molecule has 5 heteroatoms. The molecule has 1 aromatic rings. The summed E-state index contributed by atoms with van der Waals surface area (Å²) in [6.45, 7) is 0. The average Bonchev–Trinajstić information content (AvgIpc) is 2.15. The van der Waals surface area contributed by atoms with Gasteiger partial charge < -0.3 is 4.74 Å². The van der Waals surface area contributed by atoms with Crippen LogP contribution in [-0.4, -0.2) is 13.1 Å². The SMILES string of the molecule is COC(=O)c1[c]cccc1C(F)(F)F. The number of carbonyl (C=O) groups excluding carboxylic acids is 1. The molecule has 0 fully saturated rings. The van der Waals surface area contributed by atoms with E-state index in [0.717, 1.165) is 19.2 Å². The van der Waals surface area contributed by atoms with Crippen LogP contribution >= 0.6 is 0 Å². The smallest absolute Gasteiger partial charge is 0.417 e. The molecule has 0 atom stereocenters. The number of ether oxygens (including phenoxy) is 1. The highest BCUT2D eigenvalue weighted by molar-refractivity contribution is 5.90. The molecule has 1 rings (SSSR count). The Labute approximate surface area is 78.3 Å². The quantitative estimate of drug-likeness (QED) is 0.654. The Kier molecular flexibility index (Phi) is 2.78. The van der Waals surface area contributed by atoms with Gasteiger partial charge in [-0.3, -0.25) is 0 Å². The van der Waals surface area contributed by atoms with Crippen molar-refractivity contribution in [2.75, 3.05) is 7.11 Å². The summed E-state index contributed by atoms with van der Waals surface area (Å²) in [7, 11) is 1.02. The lowest BCUT2D eigenvalue weighted by Crippen LogP contribution is -2.13. The van der Waals surface area contributed by atoms with Gasteiger partial charge >= 0.3 is 12.1 Å². The summed E-state index contributed by atoms with van der Waals surface area (Å²) in [6.07, 6.45) is -4.57. The minimum atomic E-state index is -4.57. The first-order valence-corrected chi connectivity index (χ1v) is 3.63. The van der Waals surface area contributed by atoms with Crippen molar-refractivity contribution < 1.29 is 22.7 Å². The molecular weight excluding hydrogens is 197 g/mol. The summed E-state index contributed by atoms with van der Waals surface area (Å²) in [5.74, 6) is -1.04. The molecule has 0 N–H and O–H groups in total. The molecule has 14 heavy (non-hydrogen) atoms. The number of hydrogen-bond donors (Lipinski definition) is 0. The van der Waals surface area contributed by atoms with Crippen molar-refractivity contribution in [2.45, 2.75) is 6.18 Å². The fraction of sp³-hybridized carbons (Fsp3) is 0.222. The first-order valence-electron chi connectivity index (χ1n) is 3.63. The first-order chi connectivity index (χ1) is 6.46. The Morgan fingerprint density at radius 3 is 2.64 bits per heavy atom. The van der Waals surface area contributed by atoms with E-state index in [-0.39, 0.29) is 0 Å². The van der Waals surface area contributed by atoms with Crippen molar-refractivity contribution in [3.63, 3.8) is 0 Å². The highest BCUT2D eigenvalue weighted by Gasteiger charge is 2.35. The molecular formula is C9H6F3O2.